The quantitative estimate of drug-likeness (QED) is 0.441. The summed E-state index contributed by atoms with van der Waals surface area (Å²) in [6.07, 6.45) is 1.60. The summed E-state index contributed by atoms with van der Waals surface area (Å²) in [6.45, 7) is 4.37. The number of furan rings is 1. The van der Waals surface area contributed by atoms with Gasteiger partial charge in [0.1, 0.15) is 11.6 Å². The first-order valence-electron chi connectivity index (χ1n) is 9.63. The zero-order valence-electron chi connectivity index (χ0n) is 16.8. The topological polar surface area (TPSA) is 73.0 Å². The summed E-state index contributed by atoms with van der Waals surface area (Å²) in [4.78, 5) is 12.7. The molecule has 0 aliphatic rings. The van der Waals surface area contributed by atoms with Crippen LogP contribution in [0.3, 0.4) is 0 Å². The normalized spacial score (nSPS) is 10.9. The lowest BCUT2D eigenvalue weighted by molar-refractivity contribution is 0.0947. The Morgan fingerprint density at radius 3 is 2.63 bits per heavy atom. The number of amides is 1. The third-order valence-electron chi connectivity index (χ3n) is 4.77. The van der Waals surface area contributed by atoms with Gasteiger partial charge in [0, 0.05) is 11.3 Å². The number of hydrogen-bond acceptors (Lipinski definition) is 5. The van der Waals surface area contributed by atoms with E-state index in [1.165, 1.54) is 0 Å². The second kappa shape index (κ2) is 9.00. The van der Waals surface area contributed by atoms with Crippen molar-refractivity contribution in [2.75, 3.05) is 0 Å². The van der Waals surface area contributed by atoms with Gasteiger partial charge in [0.25, 0.3) is 5.91 Å². The van der Waals surface area contributed by atoms with Gasteiger partial charge in [-0.2, -0.15) is 0 Å². The summed E-state index contributed by atoms with van der Waals surface area (Å²) in [5, 5.41) is 12.3. The summed E-state index contributed by atoms with van der Waals surface area (Å²) in [5.41, 5.74) is 3.80. The van der Waals surface area contributed by atoms with Crippen LogP contribution < -0.4 is 5.32 Å². The molecule has 0 spiro atoms. The van der Waals surface area contributed by atoms with E-state index >= 15 is 0 Å². The molecule has 7 heteroatoms. The Kier molecular flexibility index (Phi) is 5.99. The van der Waals surface area contributed by atoms with Crippen LogP contribution in [0.4, 0.5) is 0 Å². The number of benzene rings is 2. The highest BCUT2D eigenvalue weighted by atomic mass is 32.2. The minimum absolute atomic E-state index is 0.126. The number of nitrogens with one attached hydrogen (secondary N) is 1. The third-order valence-corrected chi connectivity index (χ3v) is 5.75. The van der Waals surface area contributed by atoms with Gasteiger partial charge in [0.05, 0.1) is 18.5 Å². The maximum Gasteiger partial charge on any atom is 0.251 e. The van der Waals surface area contributed by atoms with Gasteiger partial charge < -0.3 is 9.73 Å². The van der Waals surface area contributed by atoms with Crippen LogP contribution in [0.15, 0.2) is 76.5 Å². The van der Waals surface area contributed by atoms with Gasteiger partial charge in [-0.1, -0.05) is 48.2 Å². The lowest BCUT2D eigenvalue weighted by Crippen LogP contribution is -2.23. The van der Waals surface area contributed by atoms with Gasteiger partial charge in [0.2, 0.25) is 0 Å². The summed E-state index contributed by atoms with van der Waals surface area (Å²) in [6, 6.07) is 19.4. The molecule has 2 aromatic heterocycles. The number of hydrogen-bond donors (Lipinski definition) is 1. The fourth-order valence-electron chi connectivity index (χ4n) is 3.21. The molecule has 30 heavy (non-hydrogen) atoms. The SMILES string of the molecule is Cc1ccccc1-n1c(C)nnc1SCc1ccccc1C(=O)NCc1ccco1. The van der Waals surface area contributed by atoms with Crippen LogP contribution in [-0.4, -0.2) is 20.7 Å². The van der Waals surface area contributed by atoms with Crippen molar-refractivity contribution in [2.45, 2.75) is 31.3 Å². The first-order valence-corrected chi connectivity index (χ1v) is 10.6. The number of thioether (sulfide) groups is 1. The van der Waals surface area contributed by atoms with E-state index in [9.17, 15) is 4.79 Å². The van der Waals surface area contributed by atoms with Crippen LogP contribution in [0.1, 0.15) is 33.1 Å². The van der Waals surface area contributed by atoms with Crippen LogP contribution in [0.5, 0.6) is 0 Å². The molecule has 0 aliphatic carbocycles. The van der Waals surface area contributed by atoms with Gasteiger partial charge in [-0.05, 0) is 49.2 Å². The molecular weight excluding hydrogens is 396 g/mol. The van der Waals surface area contributed by atoms with E-state index in [-0.39, 0.29) is 5.91 Å². The summed E-state index contributed by atoms with van der Waals surface area (Å²) in [5.74, 6) is 2.03. The molecule has 4 rings (SSSR count). The molecule has 1 amide bonds. The summed E-state index contributed by atoms with van der Waals surface area (Å²) >= 11 is 1.56. The van der Waals surface area contributed by atoms with Crippen molar-refractivity contribution in [3.05, 3.63) is 95.2 Å². The maximum absolute atomic E-state index is 12.7. The maximum atomic E-state index is 12.7. The summed E-state index contributed by atoms with van der Waals surface area (Å²) in [7, 11) is 0. The molecule has 4 aromatic rings. The highest BCUT2D eigenvalue weighted by Gasteiger charge is 2.16. The zero-order chi connectivity index (χ0) is 20.9. The Balaban J connectivity index is 1.52. The van der Waals surface area contributed by atoms with Crippen LogP contribution in [-0.2, 0) is 12.3 Å². The molecule has 0 fully saturated rings. The number of nitrogens with zero attached hydrogens (tertiary/aromatic N) is 3. The molecule has 2 heterocycles. The van der Waals surface area contributed by atoms with E-state index in [1.807, 2.05) is 49.4 Å². The van der Waals surface area contributed by atoms with Crippen molar-refractivity contribution < 1.29 is 9.21 Å². The Labute approximate surface area is 179 Å². The van der Waals surface area contributed by atoms with E-state index in [1.54, 1.807) is 24.1 Å². The van der Waals surface area contributed by atoms with E-state index in [2.05, 4.69) is 39.1 Å². The van der Waals surface area contributed by atoms with Crippen molar-refractivity contribution in [3.8, 4) is 5.69 Å². The number of rotatable bonds is 7. The predicted molar refractivity (Wildman–Crippen MR) is 117 cm³/mol. The predicted octanol–water partition coefficient (Wildman–Crippen LogP) is 4.70. The molecule has 0 aliphatic heterocycles. The number of aryl methyl sites for hydroxylation is 2. The lowest BCUT2D eigenvalue weighted by Gasteiger charge is -2.12. The van der Waals surface area contributed by atoms with Crippen molar-refractivity contribution in [3.63, 3.8) is 0 Å². The van der Waals surface area contributed by atoms with E-state index in [4.69, 9.17) is 4.42 Å². The highest BCUT2D eigenvalue weighted by Crippen LogP contribution is 2.27. The van der Waals surface area contributed by atoms with E-state index < -0.39 is 0 Å². The van der Waals surface area contributed by atoms with E-state index in [0.29, 0.717) is 17.9 Å². The molecule has 152 valence electrons. The molecule has 2 aromatic carbocycles. The van der Waals surface area contributed by atoms with Crippen LogP contribution in [0.25, 0.3) is 5.69 Å². The van der Waals surface area contributed by atoms with Crippen molar-refractivity contribution in [1.82, 2.24) is 20.1 Å². The van der Waals surface area contributed by atoms with E-state index in [0.717, 1.165) is 33.6 Å². The molecular formula is C23H22N4O2S. The van der Waals surface area contributed by atoms with Gasteiger partial charge in [0.15, 0.2) is 5.16 Å². The molecule has 0 bridgehead atoms. The Bertz CT molecular complexity index is 1150. The number of para-hydroxylation sites is 1. The molecule has 0 saturated carbocycles. The third kappa shape index (κ3) is 4.31. The van der Waals surface area contributed by atoms with Crippen LogP contribution >= 0.6 is 11.8 Å². The minimum Gasteiger partial charge on any atom is -0.467 e. The Hall–Kier alpha value is -3.32. The molecule has 0 unspecified atom stereocenters. The molecule has 0 saturated heterocycles. The smallest absolute Gasteiger partial charge is 0.251 e. The monoisotopic (exact) mass is 418 g/mol. The first kappa shape index (κ1) is 20.0. The second-order valence-corrected chi connectivity index (χ2v) is 7.80. The molecule has 1 N–H and O–H groups in total. The largest absolute Gasteiger partial charge is 0.467 e. The van der Waals surface area contributed by atoms with Gasteiger partial charge >= 0.3 is 0 Å². The zero-order valence-corrected chi connectivity index (χ0v) is 17.6. The van der Waals surface area contributed by atoms with Crippen LogP contribution in [0.2, 0.25) is 0 Å². The lowest BCUT2D eigenvalue weighted by atomic mass is 10.1. The first-order chi connectivity index (χ1) is 14.6. The Morgan fingerprint density at radius 1 is 1.03 bits per heavy atom. The van der Waals surface area contributed by atoms with Crippen molar-refractivity contribution in [2.24, 2.45) is 0 Å². The fraction of sp³-hybridized carbons (Fsp3) is 0.174. The highest BCUT2D eigenvalue weighted by molar-refractivity contribution is 7.98. The number of aromatic nitrogens is 3. The van der Waals surface area contributed by atoms with Gasteiger partial charge in [-0.3, -0.25) is 9.36 Å². The van der Waals surface area contributed by atoms with Gasteiger partial charge in [-0.15, -0.1) is 10.2 Å². The fourth-order valence-corrected chi connectivity index (χ4v) is 4.21. The average molecular weight is 419 g/mol. The van der Waals surface area contributed by atoms with Gasteiger partial charge in [-0.25, -0.2) is 0 Å². The molecule has 0 radical (unpaired) electrons. The minimum atomic E-state index is -0.126. The second-order valence-electron chi connectivity index (χ2n) is 6.86. The van der Waals surface area contributed by atoms with Crippen LogP contribution in [0, 0.1) is 13.8 Å². The number of carbonyl (C=O) groups excluding carboxylic acids is 1. The van der Waals surface area contributed by atoms with Crippen molar-refractivity contribution >= 4 is 17.7 Å². The Morgan fingerprint density at radius 2 is 1.83 bits per heavy atom. The number of carbonyl (C=O) groups is 1. The molecule has 0 atom stereocenters. The molecule has 6 nitrogen and oxygen atoms in total. The standard InChI is InChI=1S/C23H22N4O2S/c1-16-8-3-6-12-21(16)27-17(2)25-26-23(27)30-15-18-9-4-5-11-20(18)22(28)24-14-19-10-7-13-29-19/h3-13H,14-15H2,1-2H3,(H,24,28). The average Bonchev–Trinajstić information content (AvgIpc) is 3.41. The van der Waals surface area contributed by atoms with Crippen molar-refractivity contribution in [1.29, 1.82) is 0 Å². The summed E-state index contributed by atoms with van der Waals surface area (Å²) < 4.78 is 7.34.